The fraction of sp³-hybridized carbons (Fsp3) is 0.643. The summed E-state index contributed by atoms with van der Waals surface area (Å²) in [5, 5.41) is 9.55. The third kappa shape index (κ3) is 2.58. The molecule has 0 aliphatic carbocycles. The lowest BCUT2D eigenvalue weighted by atomic mass is 9.76. The van der Waals surface area contributed by atoms with Crippen molar-refractivity contribution in [1.82, 2.24) is 4.90 Å². The van der Waals surface area contributed by atoms with Crippen molar-refractivity contribution >= 4 is 21.9 Å². The highest BCUT2D eigenvalue weighted by atomic mass is 79.9. The van der Waals surface area contributed by atoms with Gasteiger partial charge in [0, 0.05) is 13.1 Å². The molecule has 4 nitrogen and oxygen atoms in total. The molecule has 1 N–H and O–H groups in total. The predicted molar refractivity (Wildman–Crippen MR) is 75.9 cm³/mol. The van der Waals surface area contributed by atoms with Crippen LogP contribution >= 0.6 is 15.9 Å². The molecule has 0 amide bonds. The first-order chi connectivity index (χ1) is 8.86. The van der Waals surface area contributed by atoms with E-state index >= 15 is 0 Å². The SMILES string of the molecule is CC(c1ccc(Br)o1)N1CCC(C(=O)O)(C(C)C)C1. The summed E-state index contributed by atoms with van der Waals surface area (Å²) < 4.78 is 6.28. The Bertz CT molecular complexity index is 471. The Hall–Kier alpha value is -0.810. The van der Waals surface area contributed by atoms with Gasteiger partial charge in [-0.1, -0.05) is 13.8 Å². The van der Waals surface area contributed by atoms with Crippen LogP contribution in [0.4, 0.5) is 0 Å². The van der Waals surface area contributed by atoms with Crippen molar-refractivity contribution in [1.29, 1.82) is 0 Å². The van der Waals surface area contributed by atoms with Crippen LogP contribution in [-0.4, -0.2) is 29.1 Å². The van der Waals surface area contributed by atoms with E-state index < -0.39 is 11.4 Å². The Labute approximate surface area is 121 Å². The van der Waals surface area contributed by atoms with Crippen molar-refractivity contribution in [3.05, 3.63) is 22.6 Å². The minimum Gasteiger partial charge on any atom is -0.481 e. The number of furan rings is 1. The lowest BCUT2D eigenvalue weighted by Crippen LogP contribution is -2.39. The standard InChI is InChI=1S/C14H20BrNO3/c1-9(2)14(13(17)18)6-7-16(8-14)10(3)11-4-5-12(15)19-11/h4-5,9-10H,6-8H2,1-3H3,(H,17,18). The maximum Gasteiger partial charge on any atom is 0.311 e. The van der Waals surface area contributed by atoms with Gasteiger partial charge in [-0.3, -0.25) is 9.69 Å². The number of nitrogens with zero attached hydrogens (tertiary/aromatic N) is 1. The molecule has 2 rings (SSSR count). The number of carboxylic acids is 1. The van der Waals surface area contributed by atoms with E-state index in [-0.39, 0.29) is 12.0 Å². The van der Waals surface area contributed by atoms with E-state index in [0.717, 1.165) is 12.3 Å². The summed E-state index contributed by atoms with van der Waals surface area (Å²) in [6.45, 7) is 7.42. The van der Waals surface area contributed by atoms with E-state index in [0.29, 0.717) is 17.6 Å². The molecule has 2 heterocycles. The van der Waals surface area contributed by atoms with Crippen molar-refractivity contribution in [3.8, 4) is 0 Å². The van der Waals surface area contributed by atoms with Gasteiger partial charge in [0.1, 0.15) is 5.76 Å². The molecule has 0 spiro atoms. The topological polar surface area (TPSA) is 53.7 Å². The van der Waals surface area contributed by atoms with E-state index in [9.17, 15) is 9.90 Å². The first-order valence-electron chi connectivity index (χ1n) is 6.59. The molecule has 2 unspecified atom stereocenters. The number of carboxylic acid groups (broad SMARTS) is 1. The summed E-state index contributed by atoms with van der Waals surface area (Å²) in [6, 6.07) is 3.91. The van der Waals surface area contributed by atoms with Crippen molar-refractivity contribution in [3.63, 3.8) is 0 Å². The molecule has 0 aromatic carbocycles. The van der Waals surface area contributed by atoms with Crippen LogP contribution in [0.25, 0.3) is 0 Å². The molecule has 0 saturated carbocycles. The molecule has 1 aliphatic heterocycles. The van der Waals surface area contributed by atoms with E-state index in [4.69, 9.17) is 4.42 Å². The van der Waals surface area contributed by atoms with Gasteiger partial charge >= 0.3 is 5.97 Å². The molecule has 0 bridgehead atoms. The average Bonchev–Trinajstić information content (AvgIpc) is 2.94. The first kappa shape index (κ1) is 14.6. The second-order valence-electron chi connectivity index (χ2n) is 5.65. The number of hydrogen-bond donors (Lipinski definition) is 1. The minimum absolute atomic E-state index is 0.103. The van der Waals surface area contributed by atoms with E-state index in [1.807, 2.05) is 26.0 Å². The van der Waals surface area contributed by atoms with Crippen LogP contribution in [0.2, 0.25) is 0 Å². The summed E-state index contributed by atoms with van der Waals surface area (Å²) in [7, 11) is 0. The fourth-order valence-electron chi connectivity index (χ4n) is 2.82. The minimum atomic E-state index is -0.683. The van der Waals surface area contributed by atoms with Crippen LogP contribution in [-0.2, 0) is 4.79 Å². The Balaban J connectivity index is 2.15. The van der Waals surface area contributed by atoms with Crippen LogP contribution in [0.1, 0.15) is 39.0 Å². The van der Waals surface area contributed by atoms with Gasteiger partial charge in [0.25, 0.3) is 0 Å². The van der Waals surface area contributed by atoms with Crippen LogP contribution in [0.15, 0.2) is 21.2 Å². The molecular weight excluding hydrogens is 310 g/mol. The number of halogens is 1. The molecule has 1 aromatic rings. The number of likely N-dealkylation sites (tertiary alicyclic amines) is 1. The predicted octanol–water partition coefficient (Wildman–Crippen LogP) is 3.54. The second kappa shape index (κ2) is 5.29. The average molecular weight is 330 g/mol. The lowest BCUT2D eigenvalue weighted by molar-refractivity contribution is -0.151. The molecule has 1 saturated heterocycles. The molecule has 106 valence electrons. The molecule has 1 fully saturated rings. The Morgan fingerprint density at radius 2 is 2.16 bits per heavy atom. The molecule has 0 radical (unpaired) electrons. The molecule has 19 heavy (non-hydrogen) atoms. The van der Waals surface area contributed by atoms with Crippen molar-refractivity contribution in [2.75, 3.05) is 13.1 Å². The molecule has 5 heteroatoms. The van der Waals surface area contributed by atoms with Crippen molar-refractivity contribution in [2.45, 2.75) is 33.2 Å². The van der Waals surface area contributed by atoms with Crippen LogP contribution in [0, 0.1) is 11.3 Å². The third-order valence-electron chi connectivity index (χ3n) is 4.41. The monoisotopic (exact) mass is 329 g/mol. The van der Waals surface area contributed by atoms with Crippen LogP contribution in [0.5, 0.6) is 0 Å². The summed E-state index contributed by atoms with van der Waals surface area (Å²) in [5.74, 6) is 0.320. The van der Waals surface area contributed by atoms with Crippen LogP contribution < -0.4 is 0 Å². The smallest absolute Gasteiger partial charge is 0.311 e. The second-order valence-corrected chi connectivity index (χ2v) is 6.44. The van der Waals surface area contributed by atoms with Gasteiger partial charge < -0.3 is 9.52 Å². The highest BCUT2D eigenvalue weighted by molar-refractivity contribution is 9.10. The van der Waals surface area contributed by atoms with Gasteiger partial charge in [-0.2, -0.15) is 0 Å². The van der Waals surface area contributed by atoms with Crippen LogP contribution in [0.3, 0.4) is 0 Å². The van der Waals surface area contributed by atoms with Gasteiger partial charge in [0.2, 0.25) is 0 Å². The van der Waals surface area contributed by atoms with E-state index in [1.165, 1.54) is 0 Å². The van der Waals surface area contributed by atoms with E-state index in [2.05, 4.69) is 27.8 Å². The highest BCUT2D eigenvalue weighted by Crippen LogP contribution is 2.41. The normalized spacial score (nSPS) is 25.9. The maximum atomic E-state index is 11.6. The quantitative estimate of drug-likeness (QED) is 0.917. The number of aliphatic carboxylic acids is 1. The lowest BCUT2D eigenvalue weighted by Gasteiger charge is -2.30. The Morgan fingerprint density at radius 1 is 1.47 bits per heavy atom. The summed E-state index contributed by atoms with van der Waals surface area (Å²) >= 11 is 3.30. The number of carbonyl (C=O) groups is 1. The van der Waals surface area contributed by atoms with E-state index in [1.54, 1.807) is 0 Å². The zero-order valence-corrected chi connectivity index (χ0v) is 13.1. The summed E-state index contributed by atoms with van der Waals surface area (Å²) in [4.78, 5) is 13.8. The van der Waals surface area contributed by atoms with Gasteiger partial charge in [0.05, 0.1) is 11.5 Å². The highest BCUT2D eigenvalue weighted by Gasteiger charge is 2.48. The van der Waals surface area contributed by atoms with Gasteiger partial charge in [-0.15, -0.1) is 0 Å². The largest absolute Gasteiger partial charge is 0.481 e. The maximum absolute atomic E-state index is 11.6. The Kier molecular flexibility index (Phi) is 4.06. The summed E-state index contributed by atoms with van der Waals surface area (Å²) in [5.41, 5.74) is -0.627. The molecule has 1 aliphatic rings. The molecule has 1 aromatic heterocycles. The van der Waals surface area contributed by atoms with Gasteiger partial charge in [-0.05, 0) is 47.3 Å². The fourth-order valence-corrected chi connectivity index (χ4v) is 3.14. The Morgan fingerprint density at radius 3 is 2.58 bits per heavy atom. The number of hydrogen-bond acceptors (Lipinski definition) is 3. The molecular formula is C14H20BrNO3. The van der Waals surface area contributed by atoms with Gasteiger partial charge in [0.15, 0.2) is 4.67 Å². The zero-order chi connectivity index (χ0) is 14.2. The first-order valence-corrected chi connectivity index (χ1v) is 7.39. The number of rotatable bonds is 4. The third-order valence-corrected chi connectivity index (χ3v) is 4.84. The molecule has 2 atom stereocenters. The summed E-state index contributed by atoms with van der Waals surface area (Å²) in [6.07, 6.45) is 0.701. The van der Waals surface area contributed by atoms with Crippen molar-refractivity contribution in [2.24, 2.45) is 11.3 Å². The van der Waals surface area contributed by atoms with Gasteiger partial charge in [-0.25, -0.2) is 0 Å². The zero-order valence-electron chi connectivity index (χ0n) is 11.5. The van der Waals surface area contributed by atoms with Crippen molar-refractivity contribution < 1.29 is 14.3 Å².